The van der Waals surface area contributed by atoms with Gasteiger partial charge in [-0.25, -0.2) is 9.78 Å². The first-order valence-electron chi connectivity index (χ1n) is 6.31. The number of carbonyl (C=O) groups excluding carboxylic acids is 1. The molecule has 1 heterocycles. The summed E-state index contributed by atoms with van der Waals surface area (Å²) in [5.74, 6) is -0.216. The molecule has 1 N–H and O–H groups in total. The monoisotopic (exact) mass is 316 g/mol. The molecular weight excluding hydrogens is 296 g/mol. The van der Waals surface area contributed by atoms with Crippen molar-refractivity contribution in [2.24, 2.45) is 0 Å². The number of carboxylic acid groups (broad SMARTS) is 1. The second-order valence-electron chi connectivity index (χ2n) is 4.85. The van der Waals surface area contributed by atoms with Crippen LogP contribution in [0.15, 0.2) is 5.38 Å². The first-order valence-corrected chi connectivity index (χ1v) is 8.35. The van der Waals surface area contributed by atoms with Gasteiger partial charge < -0.3 is 10.0 Å². The molecule has 0 saturated carbocycles. The van der Waals surface area contributed by atoms with Gasteiger partial charge in [0.15, 0.2) is 0 Å². The number of aliphatic carboxylic acids is 1. The number of thiazole rings is 1. The van der Waals surface area contributed by atoms with Crippen LogP contribution in [0, 0.1) is 6.92 Å². The van der Waals surface area contributed by atoms with E-state index in [1.54, 1.807) is 32.1 Å². The van der Waals surface area contributed by atoms with Crippen molar-refractivity contribution < 1.29 is 14.7 Å². The summed E-state index contributed by atoms with van der Waals surface area (Å²) in [6.45, 7) is 7.21. The first kappa shape index (κ1) is 17.0. The fraction of sp³-hybridized carbons (Fsp3) is 0.615. The Balaban J connectivity index is 2.54. The number of thioether (sulfide) groups is 1. The van der Waals surface area contributed by atoms with Gasteiger partial charge in [-0.1, -0.05) is 0 Å². The van der Waals surface area contributed by atoms with E-state index in [0.717, 1.165) is 10.7 Å². The number of hydrogen-bond donors (Lipinski definition) is 1. The zero-order valence-electron chi connectivity index (χ0n) is 12.2. The zero-order chi connectivity index (χ0) is 15.3. The lowest BCUT2D eigenvalue weighted by Gasteiger charge is -2.34. The van der Waals surface area contributed by atoms with Crippen LogP contribution >= 0.6 is 23.1 Å². The maximum Gasteiger partial charge on any atom is 0.329 e. The summed E-state index contributed by atoms with van der Waals surface area (Å²) in [5.41, 5.74) is -0.213. The number of carbonyl (C=O) groups is 2. The van der Waals surface area contributed by atoms with Crippen LogP contribution in [0.4, 0.5) is 0 Å². The summed E-state index contributed by atoms with van der Waals surface area (Å²) in [6.07, 6.45) is 0. The minimum atomic E-state index is -1.18. The quantitative estimate of drug-likeness (QED) is 0.836. The van der Waals surface area contributed by atoms with E-state index in [-0.39, 0.29) is 11.7 Å². The van der Waals surface area contributed by atoms with Crippen molar-refractivity contribution in [2.75, 3.05) is 12.3 Å². The van der Waals surface area contributed by atoms with Crippen LogP contribution in [-0.2, 0) is 15.3 Å². The highest BCUT2D eigenvalue weighted by Crippen LogP contribution is 2.19. The number of aryl methyl sites for hydroxylation is 1. The zero-order valence-corrected chi connectivity index (χ0v) is 13.8. The predicted octanol–water partition coefficient (Wildman–Crippen LogP) is 2.40. The maximum atomic E-state index is 12.1. The molecule has 5 nitrogen and oxygen atoms in total. The van der Waals surface area contributed by atoms with Crippen LogP contribution in [-0.4, -0.2) is 44.7 Å². The lowest BCUT2D eigenvalue weighted by molar-refractivity contribution is -0.155. The van der Waals surface area contributed by atoms with Gasteiger partial charge in [0.2, 0.25) is 5.91 Å². The van der Waals surface area contributed by atoms with Crippen LogP contribution in [0.2, 0.25) is 0 Å². The smallest absolute Gasteiger partial charge is 0.329 e. The average molecular weight is 316 g/mol. The molecule has 0 aliphatic carbocycles. The Morgan fingerprint density at radius 3 is 2.60 bits per heavy atom. The van der Waals surface area contributed by atoms with Gasteiger partial charge in [-0.05, 0) is 27.7 Å². The SMILES string of the molecule is CCN(C(=O)CSCc1csc(C)n1)C(C)(C)C(=O)O. The van der Waals surface area contributed by atoms with Crippen molar-refractivity contribution in [2.45, 2.75) is 39.0 Å². The summed E-state index contributed by atoms with van der Waals surface area (Å²) < 4.78 is 0. The Hall–Kier alpha value is -1.08. The van der Waals surface area contributed by atoms with E-state index in [2.05, 4.69) is 4.98 Å². The molecule has 1 aromatic rings. The summed E-state index contributed by atoms with van der Waals surface area (Å²) in [6, 6.07) is 0. The van der Waals surface area contributed by atoms with E-state index in [1.165, 1.54) is 16.7 Å². The lowest BCUT2D eigenvalue weighted by atomic mass is 10.0. The van der Waals surface area contributed by atoms with Gasteiger partial charge >= 0.3 is 5.97 Å². The molecule has 0 saturated heterocycles. The van der Waals surface area contributed by atoms with Crippen molar-refractivity contribution in [1.29, 1.82) is 0 Å². The third kappa shape index (κ3) is 4.21. The van der Waals surface area contributed by atoms with Crippen LogP contribution in [0.5, 0.6) is 0 Å². The van der Waals surface area contributed by atoms with Crippen molar-refractivity contribution in [3.8, 4) is 0 Å². The third-order valence-electron chi connectivity index (χ3n) is 2.96. The molecule has 0 bridgehead atoms. The number of aromatic nitrogens is 1. The second kappa shape index (κ2) is 7.08. The van der Waals surface area contributed by atoms with Gasteiger partial charge in [0, 0.05) is 17.7 Å². The second-order valence-corrected chi connectivity index (χ2v) is 6.90. The molecule has 0 unspecified atom stereocenters. The molecule has 0 fully saturated rings. The van der Waals surface area contributed by atoms with Gasteiger partial charge in [0.1, 0.15) is 5.54 Å². The summed E-state index contributed by atoms with van der Waals surface area (Å²) in [5, 5.41) is 12.2. The van der Waals surface area contributed by atoms with Gasteiger partial charge in [-0.2, -0.15) is 0 Å². The fourth-order valence-electron chi connectivity index (χ4n) is 1.79. The molecule has 1 aromatic heterocycles. The van der Waals surface area contributed by atoms with E-state index in [1.807, 2.05) is 12.3 Å². The summed E-state index contributed by atoms with van der Waals surface area (Å²) in [7, 11) is 0. The molecule has 0 aliphatic rings. The molecular formula is C13H20N2O3S2. The Labute approximate surface area is 127 Å². The molecule has 0 radical (unpaired) electrons. The topological polar surface area (TPSA) is 70.5 Å². The molecule has 0 atom stereocenters. The van der Waals surface area contributed by atoms with Crippen LogP contribution in [0.1, 0.15) is 31.5 Å². The molecule has 20 heavy (non-hydrogen) atoms. The molecule has 7 heteroatoms. The van der Waals surface area contributed by atoms with Crippen LogP contribution in [0.3, 0.4) is 0 Å². The fourth-order valence-corrected chi connectivity index (χ4v) is 3.30. The molecule has 0 spiro atoms. The lowest BCUT2D eigenvalue weighted by Crippen LogP contribution is -2.53. The number of nitrogens with zero attached hydrogens (tertiary/aromatic N) is 2. The first-order chi connectivity index (χ1) is 9.28. The van der Waals surface area contributed by atoms with Gasteiger partial charge in [-0.3, -0.25) is 4.79 Å². The number of amides is 1. The van der Waals surface area contributed by atoms with E-state index in [4.69, 9.17) is 0 Å². The van der Waals surface area contributed by atoms with Gasteiger partial charge in [-0.15, -0.1) is 23.1 Å². The standard InChI is InChI=1S/C13H20N2O3S2/c1-5-15(13(3,4)12(17)18)11(16)8-19-6-10-7-20-9(2)14-10/h7H,5-6,8H2,1-4H3,(H,17,18). The van der Waals surface area contributed by atoms with Crippen LogP contribution < -0.4 is 0 Å². The number of hydrogen-bond acceptors (Lipinski definition) is 5. The highest BCUT2D eigenvalue weighted by Gasteiger charge is 2.36. The number of likely N-dealkylation sites (N-methyl/N-ethyl adjacent to an activating group) is 1. The Bertz CT molecular complexity index is 486. The van der Waals surface area contributed by atoms with E-state index >= 15 is 0 Å². The van der Waals surface area contributed by atoms with Crippen molar-refractivity contribution in [3.05, 3.63) is 16.1 Å². The molecule has 0 aliphatic heterocycles. The molecule has 0 aromatic carbocycles. The van der Waals surface area contributed by atoms with Gasteiger partial charge in [0.25, 0.3) is 0 Å². The normalized spacial score (nSPS) is 11.4. The Morgan fingerprint density at radius 1 is 1.50 bits per heavy atom. The van der Waals surface area contributed by atoms with Gasteiger partial charge in [0.05, 0.1) is 16.5 Å². The Kier molecular flexibility index (Phi) is 6.01. The minimum absolute atomic E-state index is 0.156. The van der Waals surface area contributed by atoms with Crippen molar-refractivity contribution in [3.63, 3.8) is 0 Å². The number of rotatable bonds is 7. The molecule has 1 rings (SSSR count). The number of carboxylic acids is 1. The van der Waals surface area contributed by atoms with Crippen molar-refractivity contribution in [1.82, 2.24) is 9.88 Å². The van der Waals surface area contributed by atoms with E-state index in [0.29, 0.717) is 12.3 Å². The highest BCUT2D eigenvalue weighted by molar-refractivity contribution is 7.99. The third-order valence-corrected chi connectivity index (χ3v) is 4.73. The predicted molar refractivity (Wildman–Crippen MR) is 82.1 cm³/mol. The van der Waals surface area contributed by atoms with Crippen molar-refractivity contribution >= 4 is 35.0 Å². The Morgan fingerprint density at radius 2 is 2.15 bits per heavy atom. The molecule has 112 valence electrons. The van der Waals surface area contributed by atoms with E-state index < -0.39 is 11.5 Å². The summed E-state index contributed by atoms with van der Waals surface area (Å²) in [4.78, 5) is 29.1. The summed E-state index contributed by atoms with van der Waals surface area (Å²) >= 11 is 3.04. The van der Waals surface area contributed by atoms with E-state index in [9.17, 15) is 14.7 Å². The average Bonchev–Trinajstić information content (AvgIpc) is 2.75. The highest BCUT2D eigenvalue weighted by atomic mass is 32.2. The minimum Gasteiger partial charge on any atom is -0.480 e. The largest absolute Gasteiger partial charge is 0.480 e. The maximum absolute atomic E-state index is 12.1. The van der Waals surface area contributed by atoms with Crippen LogP contribution in [0.25, 0.3) is 0 Å². The molecule has 1 amide bonds.